The Hall–Kier alpha value is -1.52. The molecule has 0 saturated heterocycles. The number of hydrogen-bond acceptors (Lipinski definition) is 3. The van der Waals surface area contributed by atoms with Gasteiger partial charge >= 0.3 is 0 Å². The third-order valence-electron chi connectivity index (χ3n) is 3.27. The first-order chi connectivity index (χ1) is 10.2. The van der Waals surface area contributed by atoms with Crippen molar-refractivity contribution in [3.63, 3.8) is 0 Å². The summed E-state index contributed by atoms with van der Waals surface area (Å²) in [5.41, 5.74) is 8.99. The normalized spacial score (nSPS) is 10.5. The molecule has 0 aliphatic rings. The van der Waals surface area contributed by atoms with Crippen molar-refractivity contribution in [1.29, 1.82) is 0 Å². The van der Waals surface area contributed by atoms with Crippen molar-refractivity contribution in [2.24, 2.45) is 5.73 Å². The number of ether oxygens (including phenoxy) is 2. The van der Waals surface area contributed by atoms with Crippen molar-refractivity contribution < 1.29 is 9.47 Å². The van der Waals surface area contributed by atoms with Gasteiger partial charge in [0.15, 0.2) is 0 Å². The maximum Gasteiger partial charge on any atom is 0.137 e. The van der Waals surface area contributed by atoms with Crippen LogP contribution in [-0.4, -0.2) is 13.7 Å². The zero-order chi connectivity index (χ0) is 15.2. The molecule has 0 aliphatic carbocycles. The molecule has 4 heteroatoms. The fourth-order valence-corrected chi connectivity index (χ4v) is 2.76. The molecule has 2 N–H and O–H groups in total. The summed E-state index contributed by atoms with van der Waals surface area (Å²) in [6.07, 6.45) is 0.791. The van der Waals surface area contributed by atoms with Gasteiger partial charge in [0.1, 0.15) is 18.1 Å². The van der Waals surface area contributed by atoms with E-state index in [9.17, 15) is 0 Å². The van der Waals surface area contributed by atoms with E-state index < -0.39 is 0 Å². The van der Waals surface area contributed by atoms with Gasteiger partial charge in [-0.15, -0.1) is 0 Å². The molecule has 0 bridgehead atoms. The summed E-state index contributed by atoms with van der Waals surface area (Å²) in [5.74, 6) is 1.69. The monoisotopic (exact) mass is 349 g/mol. The molecule has 0 amide bonds. The van der Waals surface area contributed by atoms with Gasteiger partial charge in [-0.25, -0.2) is 0 Å². The predicted octanol–water partition coefficient (Wildman–Crippen LogP) is 3.85. The van der Waals surface area contributed by atoms with Crippen molar-refractivity contribution in [1.82, 2.24) is 0 Å². The molecule has 0 unspecified atom stereocenters. The van der Waals surface area contributed by atoms with Crippen LogP contribution in [0.1, 0.15) is 16.7 Å². The minimum atomic E-state index is 0.463. The van der Waals surface area contributed by atoms with Gasteiger partial charge in [0, 0.05) is 5.56 Å². The molecule has 0 saturated carbocycles. The fraction of sp³-hybridized carbons (Fsp3) is 0.294. The van der Waals surface area contributed by atoms with Crippen LogP contribution in [0.25, 0.3) is 0 Å². The predicted molar refractivity (Wildman–Crippen MR) is 89.0 cm³/mol. The van der Waals surface area contributed by atoms with E-state index in [0.717, 1.165) is 33.5 Å². The third kappa shape index (κ3) is 3.99. The molecule has 0 atom stereocenters. The van der Waals surface area contributed by atoms with E-state index in [0.29, 0.717) is 13.2 Å². The highest BCUT2D eigenvalue weighted by molar-refractivity contribution is 9.10. The van der Waals surface area contributed by atoms with E-state index in [-0.39, 0.29) is 0 Å². The lowest BCUT2D eigenvalue weighted by Gasteiger charge is -2.15. The van der Waals surface area contributed by atoms with Crippen LogP contribution in [0.2, 0.25) is 0 Å². The van der Waals surface area contributed by atoms with E-state index in [1.165, 1.54) is 5.56 Å². The lowest BCUT2D eigenvalue weighted by Crippen LogP contribution is -2.06. The second-order valence-electron chi connectivity index (χ2n) is 4.87. The van der Waals surface area contributed by atoms with Gasteiger partial charge in [-0.1, -0.05) is 23.8 Å². The van der Waals surface area contributed by atoms with E-state index >= 15 is 0 Å². The summed E-state index contributed by atoms with van der Waals surface area (Å²) < 4.78 is 12.4. The number of hydrogen-bond donors (Lipinski definition) is 1. The fourth-order valence-electron chi connectivity index (χ4n) is 2.24. The molecule has 21 heavy (non-hydrogen) atoms. The second-order valence-corrected chi connectivity index (χ2v) is 5.73. The zero-order valence-corrected chi connectivity index (χ0v) is 13.9. The van der Waals surface area contributed by atoms with Gasteiger partial charge in [-0.3, -0.25) is 0 Å². The molecule has 3 nitrogen and oxygen atoms in total. The first-order valence-electron chi connectivity index (χ1n) is 6.89. The molecule has 112 valence electrons. The highest BCUT2D eigenvalue weighted by Gasteiger charge is 2.10. The molecule has 0 heterocycles. The Morgan fingerprint density at radius 2 is 1.95 bits per heavy atom. The third-order valence-corrected chi connectivity index (χ3v) is 3.89. The number of rotatable bonds is 6. The molecule has 0 aliphatic heterocycles. The first-order valence-corrected chi connectivity index (χ1v) is 7.68. The van der Waals surface area contributed by atoms with Gasteiger partial charge in [-0.05, 0) is 59.6 Å². The number of nitrogens with two attached hydrogens (primary N) is 1. The largest absolute Gasteiger partial charge is 0.496 e. The molecule has 0 spiro atoms. The van der Waals surface area contributed by atoms with Crippen LogP contribution in [-0.2, 0) is 13.0 Å². The Morgan fingerprint density at radius 3 is 2.67 bits per heavy atom. The van der Waals surface area contributed by atoms with Gasteiger partial charge in [0.2, 0.25) is 0 Å². The molecule has 2 rings (SSSR count). The minimum Gasteiger partial charge on any atom is -0.496 e. The Kier molecular flexibility index (Phi) is 5.65. The van der Waals surface area contributed by atoms with Crippen molar-refractivity contribution in [3.8, 4) is 11.5 Å². The Morgan fingerprint density at radius 1 is 1.14 bits per heavy atom. The Balaban J connectivity index is 2.22. The average molecular weight is 350 g/mol. The summed E-state index contributed by atoms with van der Waals surface area (Å²) in [7, 11) is 1.67. The molecule has 0 fully saturated rings. The Labute approximate surface area is 134 Å². The van der Waals surface area contributed by atoms with Crippen molar-refractivity contribution in [2.75, 3.05) is 13.7 Å². The molecule has 0 radical (unpaired) electrons. The maximum atomic E-state index is 6.02. The van der Waals surface area contributed by atoms with Crippen LogP contribution in [0, 0.1) is 6.92 Å². The number of halogens is 1. The summed E-state index contributed by atoms with van der Waals surface area (Å²) in [6.45, 7) is 3.12. The highest BCUT2D eigenvalue weighted by atomic mass is 79.9. The molecular formula is C17H20BrNO2. The number of benzene rings is 2. The summed E-state index contributed by atoms with van der Waals surface area (Å²) in [6, 6.07) is 12.1. The topological polar surface area (TPSA) is 44.5 Å². The Bertz CT molecular complexity index is 614. The number of para-hydroxylation sites is 1. The van der Waals surface area contributed by atoms with Crippen molar-refractivity contribution in [3.05, 3.63) is 57.6 Å². The summed E-state index contributed by atoms with van der Waals surface area (Å²) in [4.78, 5) is 0. The van der Waals surface area contributed by atoms with E-state index in [1.54, 1.807) is 7.11 Å². The first kappa shape index (κ1) is 15.9. The molecule has 2 aromatic carbocycles. The smallest absolute Gasteiger partial charge is 0.137 e. The number of aryl methyl sites for hydroxylation is 1. The summed E-state index contributed by atoms with van der Waals surface area (Å²) >= 11 is 3.54. The molecule has 2 aromatic rings. The van der Waals surface area contributed by atoms with E-state index in [2.05, 4.69) is 28.9 Å². The van der Waals surface area contributed by atoms with Gasteiger partial charge in [0.05, 0.1) is 11.6 Å². The zero-order valence-electron chi connectivity index (χ0n) is 12.4. The highest BCUT2D eigenvalue weighted by Crippen LogP contribution is 2.31. The maximum absolute atomic E-state index is 6.02. The van der Waals surface area contributed by atoms with Crippen LogP contribution in [0.4, 0.5) is 0 Å². The standard InChI is InChI=1S/C17H20BrNO2/c1-12-6-7-16(20-2)14(10-12)11-21-17-13(8-9-19)4-3-5-15(17)18/h3-7,10H,8-9,11,19H2,1-2H3. The van der Waals surface area contributed by atoms with Crippen LogP contribution in [0.3, 0.4) is 0 Å². The number of methoxy groups -OCH3 is 1. The average Bonchev–Trinajstić information content (AvgIpc) is 2.47. The minimum absolute atomic E-state index is 0.463. The van der Waals surface area contributed by atoms with Crippen LogP contribution in [0.15, 0.2) is 40.9 Å². The van der Waals surface area contributed by atoms with Crippen molar-refractivity contribution >= 4 is 15.9 Å². The van der Waals surface area contributed by atoms with Crippen LogP contribution >= 0.6 is 15.9 Å². The molecule has 0 aromatic heterocycles. The van der Waals surface area contributed by atoms with Gasteiger partial charge < -0.3 is 15.2 Å². The van der Waals surface area contributed by atoms with Gasteiger partial charge in [-0.2, -0.15) is 0 Å². The van der Waals surface area contributed by atoms with Crippen molar-refractivity contribution in [2.45, 2.75) is 20.0 Å². The van der Waals surface area contributed by atoms with E-state index in [1.807, 2.05) is 30.3 Å². The van der Waals surface area contributed by atoms with Crippen LogP contribution < -0.4 is 15.2 Å². The summed E-state index contributed by atoms with van der Waals surface area (Å²) in [5, 5.41) is 0. The second kappa shape index (κ2) is 7.48. The lowest BCUT2D eigenvalue weighted by molar-refractivity contribution is 0.292. The molecular weight excluding hydrogens is 330 g/mol. The quantitative estimate of drug-likeness (QED) is 0.861. The van der Waals surface area contributed by atoms with Gasteiger partial charge in [0.25, 0.3) is 0 Å². The SMILES string of the molecule is COc1ccc(C)cc1COc1c(Br)cccc1CCN. The van der Waals surface area contributed by atoms with E-state index in [4.69, 9.17) is 15.2 Å². The lowest BCUT2D eigenvalue weighted by atomic mass is 10.1. The van der Waals surface area contributed by atoms with Crippen LogP contribution in [0.5, 0.6) is 11.5 Å².